The highest BCUT2D eigenvalue weighted by atomic mass is 32.2. The average molecular weight is 560 g/mol. The molecule has 4 rings (SSSR count). The minimum absolute atomic E-state index is 0.0117. The maximum Gasteiger partial charge on any atom is 0.244 e. The number of ether oxygens (including phenoxy) is 1. The van der Waals surface area contributed by atoms with Gasteiger partial charge in [0.05, 0.1) is 23.2 Å². The summed E-state index contributed by atoms with van der Waals surface area (Å²) in [6.45, 7) is 15.2. The second-order valence-corrected chi connectivity index (χ2v) is 15.3. The largest absolute Gasteiger partial charge is 0.494 e. The number of hydrogen-bond acceptors (Lipinski definition) is 6. The van der Waals surface area contributed by atoms with E-state index < -0.39 is 32.9 Å². The molecule has 2 unspecified atom stereocenters. The van der Waals surface area contributed by atoms with Crippen molar-refractivity contribution in [1.29, 1.82) is 0 Å². The smallest absolute Gasteiger partial charge is 0.244 e. The van der Waals surface area contributed by atoms with Crippen LogP contribution >= 0.6 is 11.8 Å². The molecule has 3 aliphatic rings. The van der Waals surface area contributed by atoms with Crippen molar-refractivity contribution in [3.8, 4) is 5.75 Å². The van der Waals surface area contributed by atoms with E-state index in [1.54, 1.807) is 28.8 Å². The lowest BCUT2D eigenvalue weighted by Crippen LogP contribution is -2.58. The standard InChI is InChI=1S/C30H45N3O5S/c1-8-38-20-12-10-19(11-13-20)31-24(35)21-22-26(37)33(16-9-17-34)23(30(22)15-14-29(21,7)39-30)25(36)32-28(5,6)18-27(2,3)4/h10-13,21-23,34H,8-9,14-18H2,1-7H3,(H,31,35)(H,32,36)/t21-,22+,23?,29+,30?/m1/s1. The number of rotatable bonds is 10. The van der Waals surface area contributed by atoms with E-state index in [1.165, 1.54) is 0 Å². The zero-order valence-corrected chi connectivity index (χ0v) is 25.2. The summed E-state index contributed by atoms with van der Waals surface area (Å²) in [5, 5.41) is 15.9. The Morgan fingerprint density at radius 3 is 2.38 bits per heavy atom. The maximum absolute atomic E-state index is 14.1. The number of amides is 3. The van der Waals surface area contributed by atoms with Crippen LogP contribution in [0, 0.1) is 17.3 Å². The van der Waals surface area contributed by atoms with Gasteiger partial charge < -0.3 is 25.4 Å². The first-order chi connectivity index (χ1) is 18.2. The molecule has 5 atom stereocenters. The fourth-order valence-corrected chi connectivity index (χ4v) is 9.76. The fourth-order valence-electron chi connectivity index (χ4n) is 7.40. The van der Waals surface area contributed by atoms with E-state index in [2.05, 4.69) is 38.3 Å². The summed E-state index contributed by atoms with van der Waals surface area (Å²) in [5.74, 6) is -0.935. The Kier molecular flexibility index (Phi) is 8.09. The van der Waals surface area contributed by atoms with E-state index in [-0.39, 0.29) is 36.3 Å². The third-order valence-electron chi connectivity index (χ3n) is 8.23. The zero-order valence-electron chi connectivity index (χ0n) is 24.4. The summed E-state index contributed by atoms with van der Waals surface area (Å²) < 4.78 is 4.39. The third-order valence-corrected chi connectivity index (χ3v) is 10.2. The van der Waals surface area contributed by atoms with Crippen LogP contribution in [0.5, 0.6) is 5.75 Å². The van der Waals surface area contributed by atoms with Gasteiger partial charge in [0.1, 0.15) is 11.8 Å². The van der Waals surface area contributed by atoms with Gasteiger partial charge in [-0.05, 0) is 83.1 Å². The molecular formula is C30H45N3O5S. The number of aliphatic hydroxyl groups is 1. The Morgan fingerprint density at radius 1 is 1.13 bits per heavy atom. The van der Waals surface area contributed by atoms with Crippen molar-refractivity contribution in [2.45, 2.75) is 95.2 Å². The molecule has 8 nitrogen and oxygen atoms in total. The SMILES string of the molecule is CCOc1ccc(NC(=O)[C@H]2[C@H]3C(=O)N(CCCO)C(C(=O)NC(C)(C)CC(C)(C)C)C34CC[C@]2(C)S4)cc1. The molecule has 3 saturated heterocycles. The van der Waals surface area contributed by atoms with Crippen LogP contribution in [0.4, 0.5) is 5.69 Å². The summed E-state index contributed by atoms with van der Waals surface area (Å²) in [6, 6.07) is 6.55. The number of aliphatic hydroxyl groups excluding tert-OH is 1. The second kappa shape index (κ2) is 10.6. The molecule has 2 bridgehead atoms. The summed E-state index contributed by atoms with van der Waals surface area (Å²) in [5.41, 5.74) is 0.193. The van der Waals surface area contributed by atoms with Crippen LogP contribution in [-0.4, -0.2) is 68.6 Å². The van der Waals surface area contributed by atoms with Crippen LogP contribution < -0.4 is 15.4 Å². The summed E-state index contributed by atoms with van der Waals surface area (Å²) in [4.78, 5) is 43.6. The first-order valence-electron chi connectivity index (χ1n) is 14.1. The average Bonchev–Trinajstić information content (AvgIpc) is 3.37. The molecule has 216 valence electrons. The van der Waals surface area contributed by atoms with Crippen molar-refractivity contribution in [3.63, 3.8) is 0 Å². The number of benzene rings is 1. The molecule has 3 aliphatic heterocycles. The topological polar surface area (TPSA) is 108 Å². The molecule has 1 aromatic carbocycles. The molecule has 0 saturated carbocycles. The highest BCUT2D eigenvalue weighted by molar-refractivity contribution is 8.02. The number of nitrogens with one attached hydrogen (secondary N) is 2. The number of carbonyl (C=O) groups excluding carboxylic acids is 3. The Morgan fingerprint density at radius 2 is 1.79 bits per heavy atom. The molecule has 1 aromatic rings. The van der Waals surface area contributed by atoms with Gasteiger partial charge in [-0.25, -0.2) is 0 Å². The van der Waals surface area contributed by atoms with Gasteiger partial charge in [0, 0.05) is 29.1 Å². The highest BCUT2D eigenvalue weighted by Crippen LogP contribution is 2.71. The molecule has 0 radical (unpaired) electrons. The summed E-state index contributed by atoms with van der Waals surface area (Å²) in [7, 11) is 0. The third kappa shape index (κ3) is 5.67. The monoisotopic (exact) mass is 559 g/mol. The molecule has 3 heterocycles. The van der Waals surface area contributed by atoms with Crippen molar-refractivity contribution in [3.05, 3.63) is 24.3 Å². The second-order valence-electron chi connectivity index (χ2n) is 13.4. The van der Waals surface area contributed by atoms with Crippen molar-refractivity contribution in [2.24, 2.45) is 17.3 Å². The van der Waals surface area contributed by atoms with Gasteiger partial charge in [-0.3, -0.25) is 14.4 Å². The summed E-state index contributed by atoms with van der Waals surface area (Å²) >= 11 is 1.66. The molecule has 1 spiro atoms. The Hall–Kier alpha value is -2.26. The van der Waals surface area contributed by atoms with Gasteiger partial charge in [-0.15, -0.1) is 11.8 Å². The van der Waals surface area contributed by atoms with Gasteiger partial charge in [-0.2, -0.15) is 0 Å². The molecule has 39 heavy (non-hydrogen) atoms. The van der Waals surface area contributed by atoms with E-state index in [1.807, 2.05) is 32.9 Å². The number of anilines is 1. The quantitative estimate of drug-likeness (QED) is 0.396. The van der Waals surface area contributed by atoms with Gasteiger partial charge in [0.2, 0.25) is 17.7 Å². The van der Waals surface area contributed by atoms with Gasteiger partial charge in [-0.1, -0.05) is 20.8 Å². The molecule has 9 heteroatoms. The Bertz CT molecular complexity index is 1100. The predicted molar refractivity (Wildman–Crippen MR) is 155 cm³/mol. The van der Waals surface area contributed by atoms with Gasteiger partial charge in [0.25, 0.3) is 0 Å². The van der Waals surface area contributed by atoms with Crippen molar-refractivity contribution >= 4 is 35.2 Å². The number of fused-ring (bicyclic) bond motifs is 1. The lowest BCUT2D eigenvalue weighted by Gasteiger charge is -2.38. The first-order valence-corrected chi connectivity index (χ1v) is 15.0. The molecular weight excluding hydrogens is 514 g/mol. The van der Waals surface area contributed by atoms with Crippen molar-refractivity contribution < 1.29 is 24.2 Å². The molecule has 3 amide bonds. The van der Waals surface area contributed by atoms with Crippen molar-refractivity contribution in [1.82, 2.24) is 10.2 Å². The first kappa shape index (κ1) is 29.7. The minimum Gasteiger partial charge on any atom is -0.494 e. The number of nitrogens with zero attached hydrogens (tertiary/aromatic N) is 1. The van der Waals surface area contributed by atoms with Crippen LogP contribution in [0.15, 0.2) is 24.3 Å². The Balaban J connectivity index is 1.64. The number of carbonyl (C=O) groups is 3. The molecule has 3 fully saturated rings. The molecule has 3 N–H and O–H groups in total. The lowest BCUT2D eigenvalue weighted by molar-refractivity contribution is -0.140. The molecule has 0 aromatic heterocycles. The Labute approximate surface area is 237 Å². The zero-order chi connectivity index (χ0) is 28.8. The number of likely N-dealkylation sites (tertiary alicyclic amines) is 1. The van der Waals surface area contributed by atoms with Gasteiger partial charge in [0.15, 0.2) is 0 Å². The normalized spacial score (nSPS) is 29.9. The minimum atomic E-state index is -0.684. The van der Waals surface area contributed by atoms with E-state index in [0.29, 0.717) is 25.1 Å². The van der Waals surface area contributed by atoms with E-state index in [0.717, 1.165) is 18.6 Å². The van der Waals surface area contributed by atoms with Crippen LogP contribution in [0.3, 0.4) is 0 Å². The van der Waals surface area contributed by atoms with Crippen molar-refractivity contribution in [2.75, 3.05) is 25.1 Å². The van der Waals surface area contributed by atoms with E-state index in [9.17, 15) is 19.5 Å². The van der Waals surface area contributed by atoms with E-state index in [4.69, 9.17) is 4.74 Å². The maximum atomic E-state index is 14.1. The predicted octanol–water partition coefficient (Wildman–Crippen LogP) is 4.22. The number of thioether (sulfide) groups is 1. The lowest BCUT2D eigenvalue weighted by atomic mass is 9.66. The van der Waals surface area contributed by atoms with Crippen LogP contribution in [-0.2, 0) is 14.4 Å². The number of hydrogen-bond donors (Lipinski definition) is 3. The molecule has 0 aliphatic carbocycles. The van der Waals surface area contributed by atoms with Crippen LogP contribution in [0.2, 0.25) is 0 Å². The van der Waals surface area contributed by atoms with Gasteiger partial charge >= 0.3 is 0 Å². The van der Waals surface area contributed by atoms with E-state index >= 15 is 0 Å². The highest BCUT2D eigenvalue weighted by Gasteiger charge is 2.77. The van der Waals surface area contributed by atoms with Crippen LogP contribution in [0.25, 0.3) is 0 Å². The van der Waals surface area contributed by atoms with Crippen LogP contribution in [0.1, 0.15) is 74.1 Å². The fraction of sp³-hybridized carbons (Fsp3) is 0.700. The summed E-state index contributed by atoms with van der Waals surface area (Å²) in [6.07, 6.45) is 2.61.